The highest BCUT2D eigenvalue weighted by Gasteiger charge is 2.13. The first-order chi connectivity index (χ1) is 14.0. The number of hydrogen-bond acceptors (Lipinski definition) is 3. The Morgan fingerprint density at radius 3 is 2.24 bits per heavy atom. The molecule has 0 aliphatic rings. The highest BCUT2D eigenvalue weighted by molar-refractivity contribution is 5.98. The van der Waals surface area contributed by atoms with Crippen molar-refractivity contribution in [2.45, 2.75) is 13.0 Å². The smallest absolute Gasteiger partial charge is 0.251 e. The minimum atomic E-state index is -0.182. The number of carbonyl (C=O) groups excluding carboxylic acids is 2. The van der Waals surface area contributed by atoms with Crippen LogP contribution in [0.3, 0.4) is 0 Å². The van der Waals surface area contributed by atoms with Crippen LogP contribution in [-0.4, -0.2) is 25.4 Å². The van der Waals surface area contributed by atoms with Crippen LogP contribution in [0.15, 0.2) is 84.9 Å². The summed E-state index contributed by atoms with van der Waals surface area (Å²) in [5.74, 6) is -0.328. The lowest BCUT2D eigenvalue weighted by atomic mass is 10.1. The first kappa shape index (κ1) is 20.1. The van der Waals surface area contributed by atoms with Gasteiger partial charge in [0.25, 0.3) is 5.91 Å². The number of rotatable bonds is 7. The minimum Gasteiger partial charge on any atom is -0.365 e. The molecular formula is C24H25N3O2. The van der Waals surface area contributed by atoms with Gasteiger partial charge in [-0.1, -0.05) is 54.6 Å². The van der Waals surface area contributed by atoms with E-state index in [2.05, 4.69) is 10.6 Å². The van der Waals surface area contributed by atoms with E-state index in [4.69, 9.17) is 0 Å². The Balaban J connectivity index is 1.60. The van der Waals surface area contributed by atoms with E-state index in [-0.39, 0.29) is 24.4 Å². The zero-order valence-corrected chi connectivity index (χ0v) is 16.6. The van der Waals surface area contributed by atoms with Crippen LogP contribution in [0.5, 0.6) is 0 Å². The second-order valence-electron chi connectivity index (χ2n) is 6.93. The van der Waals surface area contributed by atoms with E-state index < -0.39 is 0 Å². The van der Waals surface area contributed by atoms with Crippen LogP contribution in [0.25, 0.3) is 0 Å². The molecule has 0 fully saturated rings. The average Bonchev–Trinajstić information content (AvgIpc) is 2.75. The number of para-hydroxylation sites is 1. The SMILES string of the molecule is CC(NC(=O)c1cccc(NC(=O)CN(C)c2ccccc2)c1)c1ccccc1. The van der Waals surface area contributed by atoms with E-state index in [1.807, 2.05) is 79.5 Å². The van der Waals surface area contributed by atoms with Gasteiger partial charge in [0.05, 0.1) is 12.6 Å². The molecule has 5 nitrogen and oxygen atoms in total. The third kappa shape index (κ3) is 5.69. The third-order valence-electron chi connectivity index (χ3n) is 4.63. The summed E-state index contributed by atoms with van der Waals surface area (Å²) in [6, 6.07) is 26.3. The van der Waals surface area contributed by atoms with Gasteiger partial charge in [0.1, 0.15) is 0 Å². The van der Waals surface area contributed by atoms with Crippen molar-refractivity contribution in [2.75, 3.05) is 23.8 Å². The fraction of sp³-hybridized carbons (Fsp3) is 0.167. The van der Waals surface area contributed by atoms with E-state index in [1.54, 1.807) is 24.3 Å². The number of anilines is 2. The molecule has 5 heteroatoms. The van der Waals surface area contributed by atoms with Crippen LogP contribution >= 0.6 is 0 Å². The maximum absolute atomic E-state index is 12.6. The van der Waals surface area contributed by atoms with Crippen LogP contribution in [0, 0.1) is 0 Å². The zero-order valence-electron chi connectivity index (χ0n) is 16.6. The van der Waals surface area contributed by atoms with Crippen LogP contribution in [-0.2, 0) is 4.79 Å². The molecular weight excluding hydrogens is 362 g/mol. The first-order valence-electron chi connectivity index (χ1n) is 9.55. The Bertz CT molecular complexity index is 958. The lowest BCUT2D eigenvalue weighted by molar-refractivity contribution is -0.114. The molecule has 2 amide bonds. The summed E-state index contributed by atoms with van der Waals surface area (Å²) in [5.41, 5.74) is 3.10. The van der Waals surface area contributed by atoms with Crippen LogP contribution < -0.4 is 15.5 Å². The predicted octanol–water partition coefficient (Wildman–Crippen LogP) is 4.25. The molecule has 0 radical (unpaired) electrons. The molecule has 0 saturated heterocycles. The molecule has 3 aromatic carbocycles. The van der Waals surface area contributed by atoms with Crippen LogP contribution in [0.2, 0.25) is 0 Å². The number of nitrogens with one attached hydrogen (secondary N) is 2. The molecule has 0 aliphatic heterocycles. The molecule has 3 aromatic rings. The van der Waals surface area contributed by atoms with Gasteiger partial charge < -0.3 is 15.5 Å². The van der Waals surface area contributed by atoms with Gasteiger partial charge >= 0.3 is 0 Å². The molecule has 3 rings (SSSR count). The summed E-state index contributed by atoms with van der Waals surface area (Å²) >= 11 is 0. The van der Waals surface area contributed by atoms with Crippen molar-refractivity contribution >= 4 is 23.2 Å². The number of benzene rings is 3. The zero-order chi connectivity index (χ0) is 20.6. The Hall–Kier alpha value is -3.60. The van der Waals surface area contributed by atoms with Gasteiger partial charge in [0.15, 0.2) is 0 Å². The quantitative estimate of drug-likeness (QED) is 0.637. The lowest BCUT2D eigenvalue weighted by Crippen LogP contribution is -2.30. The van der Waals surface area contributed by atoms with Gasteiger partial charge in [-0.15, -0.1) is 0 Å². The first-order valence-corrected chi connectivity index (χ1v) is 9.55. The van der Waals surface area contributed by atoms with Gasteiger partial charge in [-0.2, -0.15) is 0 Å². The number of carbonyl (C=O) groups is 2. The van der Waals surface area contributed by atoms with Crippen LogP contribution in [0.1, 0.15) is 28.9 Å². The summed E-state index contributed by atoms with van der Waals surface area (Å²) in [4.78, 5) is 26.9. The van der Waals surface area contributed by atoms with Crippen molar-refractivity contribution in [3.05, 3.63) is 96.1 Å². The van der Waals surface area contributed by atoms with Crippen molar-refractivity contribution in [1.29, 1.82) is 0 Å². The van der Waals surface area contributed by atoms with E-state index in [1.165, 1.54) is 0 Å². The third-order valence-corrected chi connectivity index (χ3v) is 4.63. The fourth-order valence-electron chi connectivity index (χ4n) is 3.03. The van der Waals surface area contributed by atoms with Crippen molar-refractivity contribution in [1.82, 2.24) is 5.32 Å². The fourth-order valence-corrected chi connectivity index (χ4v) is 3.03. The molecule has 2 N–H and O–H groups in total. The summed E-state index contributed by atoms with van der Waals surface area (Å²) < 4.78 is 0. The number of likely N-dealkylation sites (N-methyl/N-ethyl adjacent to an activating group) is 1. The topological polar surface area (TPSA) is 61.4 Å². The standard InChI is InChI=1S/C24H25N3O2/c1-18(19-10-5-3-6-11-19)25-24(29)20-12-9-13-21(16-20)26-23(28)17-27(2)22-14-7-4-8-15-22/h3-16,18H,17H2,1-2H3,(H,25,29)(H,26,28). The van der Waals surface area contributed by atoms with Gasteiger partial charge in [-0.3, -0.25) is 9.59 Å². The second-order valence-corrected chi connectivity index (χ2v) is 6.93. The highest BCUT2D eigenvalue weighted by atomic mass is 16.2. The van der Waals surface area contributed by atoms with Gasteiger partial charge in [-0.25, -0.2) is 0 Å². The normalized spacial score (nSPS) is 11.4. The van der Waals surface area contributed by atoms with Crippen molar-refractivity contribution in [2.24, 2.45) is 0 Å². The number of hydrogen-bond donors (Lipinski definition) is 2. The van der Waals surface area contributed by atoms with Gasteiger partial charge in [0, 0.05) is 24.0 Å². The Morgan fingerprint density at radius 2 is 1.55 bits per heavy atom. The van der Waals surface area contributed by atoms with E-state index in [9.17, 15) is 9.59 Å². The maximum atomic E-state index is 12.6. The monoisotopic (exact) mass is 387 g/mol. The van der Waals surface area contributed by atoms with E-state index in [0.717, 1.165) is 11.3 Å². The summed E-state index contributed by atoms with van der Waals surface area (Å²) in [5, 5.41) is 5.85. The molecule has 0 spiro atoms. The highest BCUT2D eigenvalue weighted by Crippen LogP contribution is 2.15. The van der Waals surface area contributed by atoms with Crippen LogP contribution in [0.4, 0.5) is 11.4 Å². The van der Waals surface area contributed by atoms with E-state index >= 15 is 0 Å². The Morgan fingerprint density at radius 1 is 0.897 bits per heavy atom. The number of nitrogens with zero attached hydrogens (tertiary/aromatic N) is 1. The summed E-state index contributed by atoms with van der Waals surface area (Å²) in [6.45, 7) is 2.16. The van der Waals surface area contributed by atoms with Crippen molar-refractivity contribution in [3.8, 4) is 0 Å². The Kier molecular flexibility index (Phi) is 6.63. The predicted molar refractivity (Wildman–Crippen MR) is 117 cm³/mol. The Labute approximate surface area is 171 Å². The molecule has 1 unspecified atom stereocenters. The van der Waals surface area contributed by atoms with E-state index in [0.29, 0.717) is 11.3 Å². The molecule has 0 saturated carbocycles. The molecule has 0 heterocycles. The molecule has 1 atom stereocenters. The van der Waals surface area contributed by atoms with Crippen molar-refractivity contribution in [3.63, 3.8) is 0 Å². The number of amides is 2. The molecule has 0 aliphatic carbocycles. The summed E-state index contributed by atoms with van der Waals surface area (Å²) in [7, 11) is 1.86. The van der Waals surface area contributed by atoms with Gasteiger partial charge in [-0.05, 0) is 42.8 Å². The maximum Gasteiger partial charge on any atom is 0.251 e. The molecule has 29 heavy (non-hydrogen) atoms. The molecule has 148 valence electrons. The van der Waals surface area contributed by atoms with Gasteiger partial charge in [0.2, 0.25) is 5.91 Å². The lowest BCUT2D eigenvalue weighted by Gasteiger charge is -2.19. The van der Waals surface area contributed by atoms with Crippen molar-refractivity contribution < 1.29 is 9.59 Å². The summed E-state index contributed by atoms with van der Waals surface area (Å²) in [6.07, 6.45) is 0. The largest absolute Gasteiger partial charge is 0.365 e. The second kappa shape index (κ2) is 9.55. The molecule has 0 bridgehead atoms. The minimum absolute atomic E-state index is 0.110. The average molecular weight is 387 g/mol. The molecule has 0 aromatic heterocycles.